The van der Waals surface area contributed by atoms with Gasteiger partial charge in [-0.05, 0) is 37.5 Å². The maximum atomic E-state index is 2.47. The van der Waals surface area contributed by atoms with Crippen LogP contribution in [-0.4, -0.2) is 0 Å². The zero-order valence-corrected chi connectivity index (χ0v) is 20.5. The first kappa shape index (κ1) is 27.7. The van der Waals surface area contributed by atoms with Gasteiger partial charge in [0.05, 0.1) is 0 Å². The second-order valence-corrected chi connectivity index (χ2v) is 9.29. The van der Waals surface area contributed by atoms with Crippen molar-refractivity contribution in [2.24, 2.45) is 11.8 Å². The Labute approximate surface area is 180 Å². The predicted molar refractivity (Wildman–Crippen MR) is 131 cm³/mol. The lowest BCUT2D eigenvalue weighted by Crippen LogP contribution is -1.99. The Morgan fingerprint density at radius 1 is 0.429 bits per heavy atom. The molecule has 0 rings (SSSR count). The molecule has 0 radical (unpaired) electrons. The zero-order chi connectivity index (χ0) is 20.7. The van der Waals surface area contributed by atoms with Gasteiger partial charge < -0.3 is 0 Å². The van der Waals surface area contributed by atoms with E-state index in [4.69, 9.17) is 0 Å². The summed E-state index contributed by atoms with van der Waals surface area (Å²) in [6.45, 7) is 9.39. The van der Waals surface area contributed by atoms with Gasteiger partial charge in [0, 0.05) is 0 Å². The average molecular weight is 393 g/mol. The Morgan fingerprint density at radius 2 is 0.857 bits per heavy atom. The monoisotopic (exact) mass is 392 g/mol. The smallest absolute Gasteiger partial charge is 0.0348 e. The highest BCUT2D eigenvalue weighted by atomic mass is 14.1. The summed E-state index contributed by atoms with van der Waals surface area (Å²) < 4.78 is 0. The minimum Gasteiger partial charge on any atom is -0.0885 e. The molecular weight excluding hydrogens is 336 g/mol. The van der Waals surface area contributed by atoms with E-state index >= 15 is 0 Å². The lowest BCUT2D eigenvalue weighted by atomic mass is 9.92. The fraction of sp³-hybridized carbons (Fsp3) is 0.929. The fourth-order valence-corrected chi connectivity index (χ4v) is 4.44. The molecule has 0 fully saturated rings. The molecule has 0 spiro atoms. The van der Waals surface area contributed by atoms with Crippen LogP contribution in [0, 0.1) is 11.8 Å². The van der Waals surface area contributed by atoms with Crippen LogP contribution in [0.1, 0.15) is 156 Å². The quantitative estimate of drug-likeness (QED) is 0.127. The lowest BCUT2D eigenvalue weighted by Gasteiger charge is -2.14. The van der Waals surface area contributed by atoms with Crippen molar-refractivity contribution in [3.8, 4) is 0 Å². The first-order valence-electron chi connectivity index (χ1n) is 13.4. The normalized spacial score (nSPS) is 14.0. The highest BCUT2D eigenvalue weighted by Gasteiger charge is 2.06. The molecule has 0 heteroatoms. The molecule has 0 aliphatic carbocycles. The summed E-state index contributed by atoms with van der Waals surface area (Å²) in [5, 5.41) is 0. The first-order chi connectivity index (χ1) is 13.8. The Kier molecular flexibility index (Phi) is 22.8. The van der Waals surface area contributed by atoms with E-state index in [1.165, 1.54) is 128 Å². The van der Waals surface area contributed by atoms with E-state index in [1.807, 2.05) is 0 Å². The molecule has 0 aromatic heterocycles. The van der Waals surface area contributed by atoms with Gasteiger partial charge in [-0.3, -0.25) is 0 Å². The van der Waals surface area contributed by atoms with Gasteiger partial charge in [0.1, 0.15) is 0 Å². The Hall–Kier alpha value is -0.260. The van der Waals surface area contributed by atoms with Gasteiger partial charge in [-0.2, -0.15) is 0 Å². The Bertz CT molecular complexity index is 303. The van der Waals surface area contributed by atoms with Crippen LogP contribution in [0.5, 0.6) is 0 Å². The standard InChI is InChI=1S/C28H56/c1-5-9-11-13-16-20-24-28(8-4)26-22-18-15-14-17-21-25-27(7-3)23-19-12-10-6-2/h14,17,27-28H,5-13,15-16,18-26H2,1-4H3/b17-14+. The largest absolute Gasteiger partial charge is 0.0885 e. The number of allylic oxidation sites excluding steroid dienone is 2. The number of hydrogen-bond donors (Lipinski definition) is 0. The van der Waals surface area contributed by atoms with Gasteiger partial charge >= 0.3 is 0 Å². The van der Waals surface area contributed by atoms with Crippen LogP contribution >= 0.6 is 0 Å². The average Bonchev–Trinajstić information content (AvgIpc) is 2.72. The molecular formula is C28H56. The highest BCUT2D eigenvalue weighted by molar-refractivity contribution is 4.82. The van der Waals surface area contributed by atoms with E-state index in [2.05, 4.69) is 39.8 Å². The van der Waals surface area contributed by atoms with Gasteiger partial charge in [-0.15, -0.1) is 0 Å². The molecule has 0 aliphatic rings. The Morgan fingerprint density at radius 3 is 1.43 bits per heavy atom. The second-order valence-electron chi connectivity index (χ2n) is 9.29. The third-order valence-corrected chi connectivity index (χ3v) is 6.73. The zero-order valence-electron chi connectivity index (χ0n) is 20.5. The van der Waals surface area contributed by atoms with Crippen LogP contribution < -0.4 is 0 Å². The van der Waals surface area contributed by atoms with E-state index in [0.717, 1.165) is 11.8 Å². The summed E-state index contributed by atoms with van der Waals surface area (Å²) in [4.78, 5) is 0. The number of rotatable bonds is 22. The van der Waals surface area contributed by atoms with E-state index in [9.17, 15) is 0 Å². The fourth-order valence-electron chi connectivity index (χ4n) is 4.44. The van der Waals surface area contributed by atoms with E-state index in [0.29, 0.717) is 0 Å². The summed E-state index contributed by atoms with van der Waals surface area (Å²) in [6.07, 6.45) is 33.3. The van der Waals surface area contributed by atoms with Crippen molar-refractivity contribution in [2.75, 3.05) is 0 Å². The summed E-state index contributed by atoms with van der Waals surface area (Å²) in [5.74, 6) is 1.96. The minimum absolute atomic E-state index is 0.966. The van der Waals surface area contributed by atoms with E-state index in [1.54, 1.807) is 0 Å². The van der Waals surface area contributed by atoms with Gasteiger partial charge in [-0.25, -0.2) is 0 Å². The van der Waals surface area contributed by atoms with Gasteiger partial charge in [0.2, 0.25) is 0 Å². The molecule has 0 nitrogen and oxygen atoms in total. The highest BCUT2D eigenvalue weighted by Crippen LogP contribution is 2.22. The summed E-state index contributed by atoms with van der Waals surface area (Å²) in [7, 11) is 0. The molecule has 0 heterocycles. The van der Waals surface area contributed by atoms with Crippen molar-refractivity contribution in [2.45, 2.75) is 156 Å². The van der Waals surface area contributed by atoms with Crippen LogP contribution in [0.25, 0.3) is 0 Å². The van der Waals surface area contributed by atoms with Crippen LogP contribution in [0.4, 0.5) is 0 Å². The van der Waals surface area contributed by atoms with E-state index < -0.39 is 0 Å². The van der Waals surface area contributed by atoms with Crippen LogP contribution in [0.2, 0.25) is 0 Å². The second kappa shape index (κ2) is 23.0. The molecule has 0 amide bonds. The van der Waals surface area contributed by atoms with Crippen molar-refractivity contribution >= 4 is 0 Å². The molecule has 28 heavy (non-hydrogen) atoms. The molecule has 0 saturated carbocycles. The topological polar surface area (TPSA) is 0 Å². The number of hydrogen-bond acceptors (Lipinski definition) is 0. The SMILES string of the molecule is CCCCCCCCC(CC)CCCC/C=C/CCC(CC)CCCCCC. The lowest BCUT2D eigenvalue weighted by molar-refractivity contribution is 0.397. The van der Waals surface area contributed by atoms with Crippen molar-refractivity contribution in [3.63, 3.8) is 0 Å². The predicted octanol–water partition coefficient (Wildman–Crippen LogP) is 10.7. The van der Waals surface area contributed by atoms with Gasteiger partial charge in [0.25, 0.3) is 0 Å². The molecule has 0 aliphatic heterocycles. The molecule has 0 aromatic rings. The molecule has 168 valence electrons. The van der Waals surface area contributed by atoms with Crippen LogP contribution in [0.3, 0.4) is 0 Å². The third kappa shape index (κ3) is 19.1. The molecule has 0 bridgehead atoms. The van der Waals surface area contributed by atoms with Crippen molar-refractivity contribution in [1.82, 2.24) is 0 Å². The Balaban J connectivity index is 3.57. The number of unbranched alkanes of at least 4 members (excludes halogenated alkanes) is 10. The molecule has 2 atom stereocenters. The maximum absolute atomic E-state index is 2.47. The molecule has 0 N–H and O–H groups in total. The summed E-state index contributed by atoms with van der Waals surface area (Å²) in [6, 6.07) is 0. The molecule has 2 unspecified atom stereocenters. The van der Waals surface area contributed by atoms with Gasteiger partial charge in [-0.1, -0.05) is 143 Å². The first-order valence-corrected chi connectivity index (χ1v) is 13.4. The summed E-state index contributed by atoms with van der Waals surface area (Å²) >= 11 is 0. The van der Waals surface area contributed by atoms with Crippen molar-refractivity contribution < 1.29 is 0 Å². The van der Waals surface area contributed by atoms with Crippen LogP contribution in [0.15, 0.2) is 12.2 Å². The third-order valence-electron chi connectivity index (χ3n) is 6.73. The van der Waals surface area contributed by atoms with Gasteiger partial charge in [0.15, 0.2) is 0 Å². The molecule has 0 aromatic carbocycles. The summed E-state index contributed by atoms with van der Waals surface area (Å²) in [5.41, 5.74) is 0. The minimum atomic E-state index is 0.966. The maximum Gasteiger partial charge on any atom is -0.0348 e. The molecule has 0 saturated heterocycles. The van der Waals surface area contributed by atoms with Crippen LogP contribution in [-0.2, 0) is 0 Å². The van der Waals surface area contributed by atoms with Crippen molar-refractivity contribution in [1.29, 1.82) is 0 Å². The van der Waals surface area contributed by atoms with E-state index in [-0.39, 0.29) is 0 Å². The van der Waals surface area contributed by atoms with Crippen molar-refractivity contribution in [3.05, 3.63) is 12.2 Å².